The number of rotatable bonds is 13. The Morgan fingerprint density at radius 3 is 2.04 bits per heavy atom. The molecule has 3 atom stereocenters. The maximum atomic E-state index is 14.4. The van der Waals surface area contributed by atoms with E-state index in [1.165, 1.54) is 4.90 Å². The molecule has 0 radical (unpaired) electrons. The first-order chi connectivity index (χ1) is 21.0. The molecule has 2 aromatic carbocycles. The molecule has 0 fully saturated rings. The summed E-state index contributed by atoms with van der Waals surface area (Å²) in [6.07, 6.45) is 1.66. The Bertz CT molecular complexity index is 1310. The van der Waals surface area contributed by atoms with E-state index < -0.39 is 53.2 Å². The highest BCUT2D eigenvalue weighted by Gasteiger charge is 2.39. The van der Waals surface area contributed by atoms with Crippen molar-refractivity contribution in [2.75, 3.05) is 6.54 Å². The minimum atomic E-state index is -1.13. The van der Waals surface area contributed by atoms with E-state index in [1.807, 2.05) is 57.2 Å². The first-order valence-corrected chi connectivity index (χ1v) is 15.5. The number of benzene rings is 2. The Labute approximate surface area is 268 Å². The molecule has 2 N–H and O–H groups in total. The first kappa shape index (κ1) is 37.0. The number of ether oxygens (including phenoxy) is 2. The number of nitrogens with zero attached hydrogens (tertiary/aromatic N) is 1. The van der Waals surface area contributed by atoms with Crippen LogP contribution in [0.1, 0.15) is 91.5 Å². The van der Waals surface area contributed by atoms with Crippen LogP contribution in [-0.4, -0.2) is 58.6 Å². The van der Waals surface area contributed by atoms with E-state index in [1.54, 1.807) is 65.8 Å². The van der Waals surface area contributed by atoms with Crippen molar-refractivity contribution < 1.29 is 28.7 Å². The minimum Gasteiger partial charge on any atom is -0.458 e. The van der Waals surface area contributed by atoms with Crippen LogP contribution in [0.15, 0.2) is 61.2 Å². The fourth-order valence-electron chi connectivity index (χ4n) is 4.73. The molecule has 246 valence electrons. The fraction of sp³-hybridized carbons (Fsp3) is 0.500. The molecule has 2 aromatic rings. The molecule has 2 rings (SSSR count). The molecule has 0 aromatic heterocycles. The molecule has 0 aliphatic carbocycles. The van der Waals surface area contributed by atoms with E-state index in [4.69, 9.17) is 9.47 Å². The highest BCUT2D eigenvalue weighted by atomic mass is 16.6. The molecule has 9 heteroatoms. The molecule has 3 amide bonds. The zero-order valence-electron chi connectivity index (χ0n) is 28.3. The summed E-state index contributed by atoms with van der Waals surface area (Å²) in [5, 5.41) is 5.63. The number of esters is 1. The van der Waals surface area contributed by atoms with Gasteiger partial charge in [0.05, 0.1) is 0 Å². The fourth-order valence-corrected chi connectivity index (χ4v) is 4.73. The number of carbonyl (C=O) groups is 4. The molecule has 0 aliphatic rings. The van der Waals surface area contributed by atoms with Gasteiger partial charge in [0, 0.05) is 13.0 Å². The molecule has 0 spiro atoms. The zero-order valence-corrected chi connectivity index (χ0v) is 28.3. The lowest BCUT2D eigenvalue weighted by atomic mass is 9.97. The Balaban J connectivity index is 2.60. The van der Waals surface area contributed by atoms with Gasteiger partial charge in [-0.05, 0) is 76.6 Å². The summed E-state index contributed by atoms with van der Waals surface area (Å²) in [5.74, 6) is -1.90. The van der Waals surface area contributed by atoms with Crippen molar-refractivity contribution in [2.24, 2.45) is 5.92 Å². The molecule has 3 unspecified atom stereocenters. The van der Waals surface area contributed by atoms with Crippen LogP contribution >= 0.6 is 0 Å². The van der Waals surface area contributed by atoms with E-state index in [0.717, 1.165) is 11.1 Å². The maximum absolute atomic E-state index is 14.4. The number of nitrogens with one attached hydrogen (secondary N) is 2. The predicted octanol–water partition coefficient (Wildman–Crippen LogP) is 6.23. The summed E-state index contributed by atoms with van der Waals surface area (Å²) in [5.41, 5.74) is 0.586. The summed E-state index contributed by atoms with van der Waals surface area (Å²) in [4.78, 5) is 56.4. The third-order valence-corrected chi connectivity index (χ3v) is 6.67. The summed E-state index contributed by atoms with van der Waals surface area (Å²) in [7, 11) is 0. The molecular weight excluding hydrogens is 570 g/mol. The van der Waals surface area contributed by atoms with Crippen molar-refractivity contribution in [3.8, 4) is 0 Å². The lowest BCUT2D eigenvalue weighted by Gasteiger charge is -2.36. The van der Waals surface area contributed by atoms with E-state index in [-0.39, 0.29) is 18.9 Å². The third-order valence-electron chi connectivity index (χ3n) is 6.67. The first-order valence-electron chi connectivity index (χ1n) is 15.5. The number of carbonyl (C=O) groups excluding carboxylic acids is 4. The standard InChI is InChI=1S/C36H51N3O6/c1-11-21-39(32(41)29(24(3)4)38-34(43)45-36(8,9)10)30(27-20-16-19-25(12-2)22-27)31(40)37-28(33(42)44-35(5,6)7)23-26-17-14-13-15-18-26/h12-20,22,24,28-30H,2,11,21,23H2,1,3-10H3,(H,37,40)(H,38,43). The quantitative estimate of drug-likeness (QED) is 0.257. The van der Waals surface area contributed by atoms with Crippen LogP contribution in [0, 0.1) is 5.92 Å². The van der Waals surface area contributed by atoms with Crippen LogP contribution in [0.25, 0.3) is 6.08 Å². The minimum absolute atomic E-state index is 0.192. The van der Waals surface area contributed by atoms with E-state index in [2.05, 4.69) is 17.2 Å². The Morgan fingerprint density at radius 1 is 0.889 bits per heavy atom. The highest BCUT2D eigenvalue weighted by Crippen LogP contribution is 2.26. The third kappa shape index (κ3) is 12.0. The summed E-state index contributed by atoms with van der Waals surface area (Å²) < 4.78 is 11.1. The Hall–Kier alpha value is -4.14. The average molecular weight is 622 g/mol. The van der Waals surface area contributed by atoms with Crippen LogP contribution in [0.5, 0.6) is 0 Å². The van der Waals surface area contributed by atoms with Crippen molar-refractivity contribution in [2.45, 2.75) is 104 Å². The molecule has 0 bridgehead atoms. The van der Waals surface area contributed by atoms with Crippen molar-refractivity contribution in [1.29, 1.82) is 0 Å². The lowest BCUT2D eigenvalue weighted by Crippen LogP contribution is -2.56. The molecular formula is C36H51N3O6. The van der Waals surface area contributed by atoms with Gasteiger partial charge in [0.25, 0.3) is 0 Å². The normalized spacial score (nSPS) is 13.6. The number of alkyl carbamates (subject to hydrolysis) is 1. The van der Waals surface area contributed by atoms with Crippen LogP contribution < -0.4 is 10.6 Å². The van der Waals surface area contributed by atoms with E-state index >= 15 is 0 Å². The monoisotopic (exact) mass is 621 g/mol. The smallest absolute Gasteiger partial charge is 0.408 e. The van der Waals surface area contributed by atoms with Crippen LogP contribution in [0.3, 0.4) is 0 Å². The molecule has 0 saturated carbocycles. The van der Waals surface area contributed by atoms with Gasteiger partial charge in [-0.15, -0.1) is 0 Å². The van der Waals surface area contributed by atoms with Crippen molar-refractivity contribution >= 4 is 30.0 Å². The second kappa shape index (κ2) is 16.3. The SMILES string of the molecule is C=Cc1cccc(C(C(=O)NC(Cc2ccccc2)C(=O)OC(C)(C)C)N(CCC)C(=O)C(NC(=O)OC(C)(C)C)C(C)C)c1. The highest BCUT2D eigenvalue weighted by molar-refractivity contribution is 5.94. The largest absolute Gasteiger partial charge is 0.458 e. The Kier molecular flexibility index (Phi) is 13.4. The van der Waals surface area contributed by atoms with E-state index in [9.17, 15) is 19.2 Å². The molecule has 0 aliphatic heterocycles. The summed E-state index contributed by atoms with van der Waals surface area (Å²) >= 11 is 0. The van der Waals surface area contributed by atoms with Gasteiger partial charge in [-0.25, -0.2) is 9.59 Å². The van der Waals surface area contributed by atoms with Gasteiger partial charge in [0.1, 0.15) is 29.3 Å². The average Bonchev–Trinajstić information content (AvgIpc) is 2.93. The van der Waals surface area contributed by atoms with Crippen molar-refractivity contribution in [3.05, 3.63) is 77.9 Å². The lowest BCUT2D eigenvalue weighted by molar-refractivity contribution is -0.159. The van der Waals surface area contributed by atoms with Gasteiger partial charge in [0.15, 0.2) is 0 Å². The summed E-state index contributed by atoms with van der Waals surface area (Å²) in [6.45, 7) is 20.1. The van der Waals surface area contributed by atoms with Gasteiger partial charge in [-0.2, -0.15) is 0 Å². The second-order valence-electron chi connectivity index (χ2n) is 13.5. The number of hydrogen-bond donors (Lipinski definition) is 2. The topological polar surface area (TPSA) is 114 Å². The van der Waals surface area contributed by atoms with E-state index in [0.29, 0.717) is 12.0 Å². The second-order valence-corrected chi connectivity index (χ2v) is 13.5. The molecule has 0 saturated heterocycles. The zero-order chi connectivity index (χ0) is 33.9. The summed E-state index contributed by atoms with van der Waals surface area (Å²) in [6, 6.07) is 13.4. The number of amides is 3. The molecule has 0 heterocycles. The van der Waals surface area contributed by atoms with Crippen molar-refractivity contribution in [1.82, 2.24) is 15.5 Å². The molecule has 45 heavy (non-hydrogen) atoms. The van der Waals surface area contributed by atoms with Gasteiger partial charge in [0.2, 0.25) is 11.8 Å². The predicted molar refractivity (Wildman–Crippen MR) is 177 cm³/mol. The van der Waals surface area contributed by atoms with Gasteiger partial charge >= 0.3 is 12.1 Å². The van der Waals surface area contributed by atoms with Crippen LogP contribution in [0.4, 0.5) is 4.79 Å². The van der Waals surface area contributed by atoms with Gasteiger partial charge in [-0.1, -0.05) is 82.0 Å². The Morgan fingerprint density at radius 2 is 1.51 bits per heavy atom. The van der Waals surface area contributed by atoms with Gasteiger partial charge < -0.3 is 25.0 Å². The van der Waals surface area contributed by atoms with Crippen molar-refractivity contribution in [3.63, 3.8) is 0 Å². The van der Waals surface area contributed by atoms with Crippen LogP contribution in [0.2, 0.25) is 0 Å². The van der Waals surface area contributed by atoms with Crippen LogP contribution in [-0.2, 0) is 30.3 Å². The number of hydrogen-bond acceptors (Lipinski definition) is 6. The maximum Gasteiger partial charge on any atom is 0.408 e. The molecule has 9 nitrogen and oxygen atoms in total. The van der Waals surface area contributed by atoms with Gasteiger partial charge in [-0.3, -0.25) is 9.59 Å².